The Morgan fingerprint density at radius 2 is 1.72 bits per heavy atom. The van der Waals surface area contributed by atoms with E-state index in [1.807, 2.05) is 13.8 Å². The molecular weight excluding hydrogens is 499 g/mol. The van der Waals surface area contributed by atoms with Crippen LogP contribution in [0.3, 0.4) is 0 Å². The highest BCUT2D eigenvalue weighted by Crippen LogP contribution is 2.26. The van der Waals surface area contributed by atoms with E-state index in [0.29, 0.717) is 42.3 Å². The number of hydrogen-bond acceptors (Lipinski definition) is 5. The molecule has 0 spiro atoms. The summed E-state index contributed by atoms with van der Waals surface area (Å²) in [7, 11) is -3.97. The zero-order chi connectivity index (χ0) is 26.0. The summed E-state index contributed by atoms with van der Waals surface area (Å²) in [6.45, 7) is 4.27. The van der Waals surface area contributed by atoms with Gasteiger partial charge in [0.25, 0.3) is 10.0 Å². The first-order valence-electron chi connectivity index (χ1n) is 11.7. The van der Waals surface area contributed by atoms with E-state index in [9.17, 15) is 17.6 Å². The first-order chi connectivity index (χ1) is 17.3. The number of carbonyl (C=O) groups excluding carboxylic acids is 1. The predicted molar refractivity (Wildman–Crippen MR) is 144 cm³/mol. The van der Waals surface area contributed by atoms with Crippen LogP contribution in [0.25, 0.3) is 0 Å². The molecule has 0 saturated carbocycles. The molecule has 36 heavy (non-hydrogen) atoms. The average Bonchev–Trinajstić information content (AvgIpc) is 2.86. The van der Waals surface area contributed by atoms with Crippen molar-refractivity contribution in [3.63, 3.8) is 0 Å². The Morgan fingerprint density at radius 3 is 2.39 bits per heavy atom. The fourth-order valence-electron chi connectivity index (χ4n) is 3.41. The van der Waals surface area contributed by atoms with Gasteiger partial charge in [-0.3, -0.25) is 9.10 Å². The van der Waals surface area contributed by atoms with Gasteiger partial charge in [-0.25, -0.2) is 12.8 Å². The Balaban J connectivity index is 1.61. The third-order valence-corrected chi connectivity index (χ3v) is 8.22. The summed E-state index contributed by atoms with van der Waals surface area (Å²) in [5.41, 5.74) is 1.96. The van der Waals surface area contributed by atoms with Crippen LogP contribution in [0.5, 0.6) is 5.75 Å². The van der Waals surface area contributed by atoms with E-state index >= 15 is 0 Å². The molecule has 0 aromatic heterocycles. The van der Waals surface area contributed by atoms with E-state index in [4.69, 9.17) is 4.74 Å². The van der Waals surface area contributed by atoms with Crippen LogP contribution >= 0.6 is 11.8 Å². The number of carbonyl (C=O) groups is 1. The topological polar surface area (TPSA) is 75.7 Å². The van der Waals surface area contributed by atoms with Gasteiger partial charge in [0.1, 0.15) is 18.1 Å². The first-order valence-corrected chi connectivity index (χ1v) is 14.3. The predicted octanol–water partition coefficient (Wildman–Crippen LogP) is 5.17. The minimum atomic E-state index is -3.97. The summed E-state index contributed by atoms with van der Waals surface area (Å²) in [6.07, 6.45) is 0.679. The molecule has 0 saturated heterocycles. The largest absolute Gasteiger partial charge is 0.494 e. The molecule has 0 aliphatic heterocycles. The van der Waals surface area contributed by atoms with Crippen molar-refractivity contribution in [2.24, 2.45) is 0 Å². The van der Waals surface area contributed by atoms with Gasteiger partial charge in [0.2, 0.25) is 5.91 Å². The molecule has 0 radical (unpaired) electrons. The third kappa shape index (κ3) is 7.73. The quantitative estimate of drug-likeness (QED) is 0.309. The normalized spacial score (nSPS) is 11.2. The fourth-order valence-corrected chi connectivity index (χ4v) is 5.78. The zero-order valence-corrected chi connectivity index (χ0v) is 22.1. The molecule has 6 nitrogen and oxygen atoms in total. The van der Waals surface area contributed by atoms with Gasteiger partial charge in [-0.1, -0.05) is 35.9 Å². The second-order valence-corrected chi connectivity index (χ2v) is 11.1. The Labute approximate surface area is 216 Å². The second kappa shape index (κ2) is 13.3. The molecule has 0 bridgehead atoms. The molecule has 3 aromatic rings. The summed E-state index contributed by atoms with van der Waals surface area (Å²) in [6, 6.07) is 19.8. The summed E-state index contributed by atoms with van der Waals surface area (Å²) < 4.78 is 47.2. The summed E-state index contributed by atoms with van der Waals surface area (Å²) in [5.74, 6) is 1.28. The van der Waals surface area contributed by atoms with Gasteiger partial charge in [-0.15, -0.1) is 0 Å². The number of anilines is 1. The average molecular weight is 531 g/mol. The molecular formula is C27H31FN2O4S2. The number of hydrogen-bond donors (Lipinski definition) is 1. The lowest BCUT2D eigenvalue weighted by Crippen LogP contribution is -2.41. The number of nitrogens with zero attached hydrogens (tertiary/aromatic N) is 1. The Bertz CT molecular complexity index is 1230. The first kappa shape index (κ1) is 27.5. The van der Waals surface area contributed by atoms with Gasteiger partial charge < -0.3 is 10.1 Å². The number of ether oxygens (including phenoxy) is 1. The van der Waals surface area contributed by atoms with Crippen molar-refractivity contribution >= 4 is 33.4 Å². The number of aryl methyl sites for hydroxylation is 1. The molecule has 0 aliphatic rings. The van der Waals surface area contributed by atoms with Crippen LogP contribution in [0.2, 0.25) is 0 Å². The standard InChI is InChI=1S/C27H31FN2O4S2/c1-3-34-24-13-11-23(12-14-24)30(36(32,33)25-15-9-21(2)10-16-25)19-27(31)29-17-6-18-35-20-22-7-4-5-8-26(22)28/h4-5,7-16H,3,6,17-20H2,1-2H3,(H,29,31). The van der Waals surface area contributed by atoms with Gasteiger partial charge >= 0.3 is 0 Å². The maximum atomic E-state index is 13.7. The van der Waals surface area contributed by atoms with Gasteiger partial charge in [0.05, 0.1) is 17.2 Å². The summed E-state index contributed by atoms with van der Waals surface area (Å²) >= 11 is 1.58. The molecule has 3 aromatic carbocycles. The van der Waals surface area contributed by atoms with Gasteiger partial charge in [-0.05, 0) is 74.0 Å². The number of benzene rings is 3. The lowest BCUT2D eigenvalue weighted by molar-refractivity contribution is -0.119. The molecule has 9 heteroatoms. The third-order valence-electron chi connectivity index (χ3n) is 5.33. The van der Waals surface area contributed by atoms with Crippen LogP contribution in [0.15, 0.2) is 77.7 Å². The Hall–Kier alpha value is -3.04. The highest BCUT2D eigenvalue weighted by Gasteiger charge is 2.27. The molecule has 1 N–H and O–H groups in total. The van der Waals surface area contributed by atoms with Crippen molar-refractivity contribution in [1.82, 2.24) is 5.32 Å². The van der Waals surface area contributed by atoms with E-state index in [2.05, 4.69) is 5.32 Å². The maximum Gasteiger partial charge on any atom is 0.264 e. The number of sulfonamides is 1. The highest BCUT2D eigenvalue weighted by atomic mass is 32.2. The van der Waals surface area contributed by atoms with Crippen LogP contribution in [-0.4, -0.2) is 39.8 Å². The number of halogens is 1. The Morgan fingerprint density at radius 1 is 1.03 bits per heavy atom. The number of thioether (sulfide) groups is 1. The fraction of sp³-hybridized carbons (Fsp3) is 0.296. The molecule has 0 fully saturated rings. The molecule has 0 atom stereocenters. The molecule has 3 rings (SSSR count). The van der Waals surface area contributed by atoms with Gasteiger partial charge in [0, 0.05) is 12.3 Å². The molecule has 0 aliphatic carbocycles. The van der Waals surface area contributed by atoms with E-state index < -0.39 is 15.9 Å². The number of rotatable bonds is 13. The van der Waals surface area contributed by atoms with E-state index in [-0.39, 0.29) is 17.3 Å². The minimum absolute atomic E-state index is 0.110. The van der Waals surface area contributed by atoms with Crippen molar-refractivity contribution in [3.05, 3.63) is 89.7 Å². The maximum absolute atomic E-state index is 13.7. The van der Waals surface area contributed by atoms with Crippen molar-refractivity contribution in [1.29, 1.82) is 0 Å². The smallest absolute Gasteiger partial charge is 0.264 e. The lowest BCUT2D eigenvalue weighted by Gasteiger charge is -2.24. The van der Waals surface area contributed by atoms with Crippen LogP contribution in [0, 0.1) is 12.7 Å². The van der Waals surface area contributed by atoms with Crippen LogP contribution in [0.4, 0.5) is 10.1 Å². The molecule has 1 amide bonds. The molecule has 0 heterocycles. The van der Waals surface area contributed by atoms with Crippen molar-refractivity contribution < 1.29 is 22.3 Å². The van der Waals surface area contributed by atoms with E-state index in [1.165, 1.54) is 18.2 Å². The van der Waals surface area contributed by atoms with Crippen molar-refractivity contribution in [3.8, 4) is 5.75 Å². The van der Waals surface area contributed by atoms with E-state index in [0.717, 1.165) is 15.6 Å². The molecule has 192 valence electrons. The SMILES string of the molecule is CCOc1ccc(N(CC(=O)NCCCSCc2ccccc2F)S(=O)(=O)c2ccc(C)cc2)cc1. The van der Waals surface area contributed by atoms with Crippen LogP contribution < -0.4 is 14.4 Å². The van der Waals surface area contributed by atoms with E-state index in [1.54, 1.807) is 66.4 Å². The van der Waals surface area contributed by atoms with Gasteiger partial charge in [0.15, 0.2) is 0 Å². The monoisotopic (exact) mass is 530 g/mol. The summed E-state index contributed by atoms with van der Waals surface area (Å²) in [5, 5.41) is 2.80. The zero-order valence-electron chi connectivity index (χ0n) is 20.4. The Kier molecular flexibility index (Phi) is 10.2. The number of amides is 1. The number of nitrogens with one attached hydrogen (secondary N) is 1. The van der Waals surface area contributed by atoms with Crippen molar-refractivity contribution in [2.75, 3.05) is 29.8 Å². The minimum Gasteiger partial charge on any atom is -0.494 e. The van der Waals surface area contributed by atoms with Crippen LogP contribution in [0.1, 0.15) is 24.5 Å². The second-order valence-electron chi connectivity index (χ2n) is 8.10. The van der Waals surface area contributed by atoms with Gasteiger partial charge in [-0.2, -0.15) is 11.8 Å². The molecule has 0 unspecified atom stereocenters. The highest BCUT2D eigenvalue weighted by molar-refractivity contribution is 7.98. The lowest BCUT2D eigenvalue weighted by atomic mass is 10.2. The summed E-state index contributed by atoms with van der Waals surface area (Å²) in [4.78, 5) is 12.8. The van der Waals surface area contributed by atoms with Crippen molar-refractivity contribution in [2.45, 2.75) is 30.9 Å². The van der Waals surface area contributed by atoms with Crippen LogP contribution in [-0.2, 0) is 20.6 Å².